The van der Waals surface area contributed by atoms with E-state index in [9.17, 15) is 9.59 Å². The summed E-state index contributed by atoms with van der Waals surface area (Å²) >= 11 is 0. The van der Waals surface area contributed by atoms with Crippen molar-refractivity contribution in [2.45, 2.75) is 0 Å². The summed E-state index contributed by atoms with van der Waals surface area (Å²) in [6.07, 6.45) is 0. The standard InChI is InChI=1S/C21H20N2O5/c1-26-16-9-11-17(12-10-16)27-13-20(24)22-23-21(25)14-28-19-8-4-6-15-5-2-3-7-18(15)19/h2-12H,13-14H2,1H3,(H,22,24)(H,23,25). The second-order valence-corrected chi connectivity index (χ2v) is 5.83. The van der Waals surface area contributed by atoms with E-state index in [2.05, 4.69) is 10.9 Å². The smallest absolute Gasteiger partial charge is 0.276 e. The van der Waals surface area contributed by atoms with Gasteiger partial charge in [-0.05, 0) is 35.7 Å². The minimum Gasteiger partial charge on any atom is -0.497 e. The van der Waals surface area contributed by atoms with Gasteiger partial charge in [0.05, 0.1) is 7.11 Å². The minimum absolute atomic E-state index is 0.229. The Kier molecular flexibility index (Phi) is 6.30. The van der Waals surface area contributed by atoms with E-state index in [1.807, 2.05) is 36.4 Å². The van der Waals surface area contributed by atoms with Crippen molar-refractivity contribution in [2.75, 3.05) is 20.3 Å². The van der Waals surface area contributed by atoms with Gasteiger partial charge in [-0.3, -0.25) is 20.4 Å². The maximum atomic E-state index is 11.9. The van der Waals surface area contributed by atoms with E-state index in [1.165, 1.54) is 0 Å². The van der Waals surface area contributed by atoms with E-state index < -0.39 is 11.8 Å². The second-order valence-electron chi connectivity index (χ2n) is 5.83. The number of carbonyl (C=O) groups excluding carboxylic acids is 2. The molecule has 0 saturated heterocycles. The fraction of sp³-hybridized carbons (Fsp3) is 0.143. The lowest BCUT2D eigenvalue weighted by molar-refractivity contribution is -0.130. The molecule has 0 radical (unpaired) electrons. The third kappa shape index (κ3) is 5.14. The number of rotatable bonds is 7. The van der Waals surface area contributed by atoms with Crippen LogP contribution in [0.4, 0.5) is 0 Å². The zero-order valence-corrected chi connectivity index (χ0v) is 15.3. The van der Waals surface area contributed by atoms with Crippen molar-refractivity contribution in [1.82, 2.24) is 10.9 Å². The molecule has 0 spiro atoms. The van der Waals surface area contributed by atoms with Crippen LogP contribution in [0.2, 0.25) is 0 Å². The zero-order valence-electron chi connectivity index (χ0n) is 15.3. The summed E-state index contributed by atoms with van der Waals surface area (Å²) in [4.78, 5) is 23.7. The predicted molar refractivity (Wildman–Crippen MR) is 104 cm³/mol. The zero-order chi connectivity index (χ0) is 19.8. The van der Waals surface area contributed by atoms with Gasteiger partial charge in [0.15, 0.2) is 13.2 Å². The van der Waals surface area contributed by atoms with Gasteiger partial charge in [0.1, 0.15) is 17.2 Å². The molecular weight excluding hydrogens is 360 g/mol. The Morgan fingerprint density at radius 3 is 2.07 bits per heavy atom. The van der Waals surface area contributed by atoms with Crippen LogP contribution in [-0.2, 0) is 9.59 Å². The Morgan fingerprint density at radius 2 is 1.36 bits per heavy atom. The number of hydrogen-bond acceptors (Lipinski definition) is 5. The number of methoxy groups -OCH3 is 1. The fourth-order valence-corrected chi connectivity index (χ4v) is 2.50. The van der Waals surface area contributed by atoms with Gasteiger partial charge in [-0.15, -0.1) is 0 Å². The molecule has 7 heteroatoms. The maximum Gasteiger partial charge on any atom is 0.276 e. The van der Waals surface area contributed by atoms with Crippen LogP contribution < -0.4 is 25.1 Å². The normalized spacial score (nSPS) is 10.2. The summed E-state index contributed by atoms with van der Waals surface area (Å²) in [5.74, 6) is 0.833. The monoisotopic (exact) mass is 380 g/mol. The van der Waals surface area contributed by atoms with Gasteiger partial charge in [-0.1, -0.05) is 36.4 Å². The molecule has 7 nitrogen and oxygen atoms in total. The number of benzene rings is 3. The molecule has 0 aliphatic heterocycles. The Morgan fingerprint density at radius 1 is 0.750 bits per heavy atom. The first-order valence-electron chi connectivity index (χ1n) is 8.61. The van der Waals surface area contributed by atoms with Gasteiger partial charge < -0.3 is 14.2 Å². The first kappa shape index (κ1) is 19.0. The summed E-state index contributed by atoms with van der Waals surface area (Å²) in [5.41, 5.74) is 4.57. The number of carbonyl (C=O) groups is 2. The van der Waals surface area contributed by atoms with Crippen molar-refractivity contribution in [3.63, 3.8) is 0 Å². The van der Waals surface area contributed by atoms with Gasteiger partial charge in [0.2, 0.25) is 0 Å². The maximum absolute atomic E-state index is 11.9. The Labute approximate surface area is 162 Å². The highest BCUT2D eigenvalue weighted by Crippen LogP contribution is 2.24. The molecule has 2 amide bonds. The van der Waals surface area contributed by atoms with E-state index in [0.29, 0.717) is 17.2 Å². The van der Waals surface area contributed by atoms with Crippen molar-refractivity contribution < 1.29 is 23.8 Å². The largest absolute Gasteiger partial charge is 0.497 e. The van der Waals surface area contributed by atoms with E-state index in [-0.39, 0.29) is 13.2 Å². The van der Waals surface area contributed by atoms with E-state index in [1.54, 1.807) is 37.4 Å². The molecule has 144 valence electrons. The lowest BCUT2D eigenvalue weighted by Gasteiger charge is -2.11. The molecule has 0 aliphatic carbocycles. The predicted octanol–water partition coefficient (Wildman–Crippen LogP) is 2.45. The Balaban J connectivity index is 1.41. The molecule has 0 aliphatic rings. The molecule has 0 atom stereocenters. The third-order valence-corrected chi connectivity index (χ3v) is 3.88. The first-order valence-corrected chi connectivity index (χ1v) is 8.61. The second kappa shape index (κ2) is 9.27. The fourth-order valence-electron chi connectivity index (χ4n) is 2.50. The summed E-state index contributed by atoms with van der Waals surface area (Å²) < 4.78 is 15.9. The molecular formula is C21H20N2O5. The molecule has 3 aromatic rings. The highest BCUT2D eigenvalue weighted by atomic mass is 16.5. The first-order chi connectivity index (χ1) is 13.7. The number of amides is 2. The van der Waals surface area contributed by atoms with E-state index in [4.69, 9.17) is 14.2 Å². The molecule has 0 aromatic heterocycles. The highest BCUT2D eigenvalue weighted by molar-refractivity contribution is 5.89. The van der Waals surface area contributed by atoms with Crippen LogP contribution in [0.1, 0.15) is 0 Å². The quantitative estimate of drug-likeness (QED) is 0.615. The highest BCUT2D eigenvalue weighted by Gasteiger charge is 2.08. The van der Waals surface area contributed by atoms with Gasteiger partial charge in [-0.25, -0.2) is 0 Å². The number of hydrogen-bond donors (Lipinski definition) is 2. The Hall–Kier alpha value is -3.74. The summed E-state index contributed by atoms with van der Waals surface area (Å²) in [6.45, 7) is -0.468. The van der Waals surface area contributed by atoms with Crippen LogP contribution in [0.25, 0.3) is 10.8 Å². The van der Waals surface area contributed by atoms with Crippen molar-refractivity contribution in [2.24, 2.45) is 0 Å². The van der Waals surface area contributed by atoms with Crippen LogP contribution in [0.15, 0.2) is 66.7 Å². The number of hydrazine groups is 1. The summed E-state index contributed by atoms with van der Waals surface area (Å²) in [5, 5.41) is 1.93. The van der Waals surface area contributed by atoms with Gasteiger partial charge >= 0.3 is 0 Å². The number of fused-ring (bicyclic) bond motifs is 1. The van der Waals surface area contributed by atoms with Gasteiger partial charge in [-0.2, -0.15) is 0 Å². The summed E-state index contributed by atoms with van der Waals surface area (Å²) in [7, 11) is 1.57. The SMILES string of the molecule is COc1ccc(OCC(=O)NNC(=O)COc2cccc3ccccc23)cc1. The van der Waals surface area contributed by atoms with Crippen molar-refractivity contribution in [3.8, 4) is 17.2 Å². The van der Waals surface area contributed by atoms with Crippen molar-refractivity contribution in [1.29, 1.82) is 0 Å². The van der Waals surface area contributed by atoms with Crippen LogP contribution in [-0.4, -0.2) is 32.1 Å². The van der Waals surface area contributed by atoms with Gasteiger partial charge in [0, 0.05) is 5.39 Å². The number of nitrogens with one attached hydrogen (secondary N) is 2. The molecule has 2 N–H and O–H groups in total. The lowest BCUT2D eigenvalue weighted by atomic mass is 10.1. The average molecular weight is 380 g/mol. The molecule has 3 aromatic carbocycles. The topological polar surface area (TPSA) is 85.9 Å². The van der Waals surface area contributed by atoms with Gasteiger partial charge in [0.25, 0.3) is 11.8 Å². The van der Waals surface area contributed by atoms with E-state index >= 15 is 0 Å². The van der Waals surface area contributed by atoms with Crippen molar-refractivity contribution in [3.05, 3.63) is 66.7 Å². The third-order valence-electron chi connectivity index (χ3n) is 3.88. The average Bonchev–Trinajstić information content (AvgIpc) is 2.75. The summed E-state index contributed by atoms with van der Waals surface area (Å²) in [6, 6.07) is 20.1. The van der Waals surface area contributed by atoms with Crippen LogP contribution in [0, 0.1) is 0 Å². The molecule has 28 heavy (non-hydrogen) atoms. The minimum atomic E-state index is -0.491. The molecule has 0 saturated carbocycles. The van der Waals surface area contributed by atoms with E-state index in [0.717, 1.165) is 10.8 Å². The molecule has 0 bridgehead atoms. The number of ether oxygens (including phenoxy) is 3. The molecule has 3 rings (SSSR count). The van der Waals surface area contributed by atoms with Crippen LogP contribution in [0.5, 0.6) is 17.2 Å². The Bertz CT molecular complexity index is 951. The molecule has 0 heterocycles. The van der Waals surface area contributed by atoms with Crippen LogP contribution >= 0.6 is 0 Å². The molecule has 0 unspecified atom stereocenters. The van der Waals surface area contributed by atoms with Crippen LogP contribution in [0.3, 0.4) is 0 Å². The lowest BCUT2D eigenvalue weighted by Crippen LogP contribution is -2.45. The van der Waals surface area contributed by atoms with Crippen molar-refractivity contribution >= 4 is 22.6 Å². The molecule has 0 fully saturated rings.